The monoisotopic (exact) mass is 430 g/mol. The molecule has 158 valence electrons. The molecule has 3 aromatic rings. The number of nitrogens with two attached hydrogens (primary N) is 1. The Kier molecular flexibility index (Phi) is 6.16. The Labute approximate surface area is 186 Å². The largest absolute Gasteiger partial charge is 0.612 e. The van der Waals surface area contributed by atoms with E-state index < -0.39 is 23.0 Å². The van der Waals surface area contributed by atoms with Gasteiger partial charge in [-0.15, -0.1) is 0 Å². The highest BCUT2D eigenvalue weighted by Crippen LogP contribution is 2.50. The first-order chi connectivity index (χ1) is 15.0. The fraction of sp³-hybridized carbons (Fsp3) is 0.192. The summed E-state index contributed by atoms with van der Waals surface area (Å²) in [7, 11) is 0. The van der Waals surface area contributed by atoms with Crippen molar-refractivity contribution in [1.82, 2.24) is 0 Å². The molecule has 2 N–H and O–H groups in total. The second kappa shape index (κ2) is 9.00. The lowest BCUT2D eigenvalue weighted by Gasteiger charge is -2.42. The van der Waals surface area contributed by atoms with Gasteiger partial charge in [-0.1, -0.05) is 85.8 Å². The molecule has 3 atom stereocenters. The average Bonchev–Trinajstić information content (AvgIpc) is 2.80. The summed E-state index contributed by atoms with van der Waals surface area (Å²) in [6, 6.07) is 28.0. The SMILES string of the molecule is CC[C@@H](c1ccccc1)N1C(c2ccccc2)=C([S+](C)[O-])C(C(N)=O)c2ccccc21. The van der Waals surface area contributed by atoms with E-state index in [0.717, 1.165) is 34.5 Å². The predicted octanol–water partition coefficient (Wildman–Crippen LogP) is 4.97. The summed E-state index contributed by atoms with van der Waals surface area (Å²) in [6.07, 6.45) is 2.46. The fourth-order valence-corrected chi connectivity index (χ4v) is 5.56. The molecule has 1 heterocycles. The number of carbonyl (C=O) groups excluding carboxylic acids is 1. The van der Waals surface area contributed by atoms with Gasteiger partial charge in [-0.05, 0) is 34.8 Å². The van der Waals surface area contributed by atoms with Gasteiger partial charge in [0.15, 0.2) is 4.91 Å². The molecule has 0 aliphatic carbocycles. The van der Waals surface area contributed by atoms with Gasteiger partial charge in [0.05, 0.1) is 6.04 Å². The summed E-state index contributed by atoms with van der Waals surface area (Å²) in [5.74, 6) is -1.22. The van der Waals surface area contributed by atoms with E-state index in [2.05, 4.69) is 24.0 Å². The van der Waals surface area contributed by atoms with Crippen molar-refractivity contribution in [3.8, 4) is 0 Å². The predicted molar refractivity (Wildman–Crippen MR) is 128 cm³/mol. The van der Waals surface area contributed by atoms with Gasteiger partial charge >= 0.3 is 0 Å². The van der Waals surface area contributed by atoms with E-state index in [-0.39, 0.29) is 6.04 Å². The molecule has 4 rings (SSSR count). The van der Waals surface area contributed by atoms with Gasteiger partial charge in [0.1, 0.15) is 17.9 Å². The standard InChI is InChI=1S/C26H26N2O2S/c1-3-21(18-12-6-4-7-13-18)28-22-17-11-10-16-20(22)23(26(27)29)25(31(2)30)24(28)19-14-8-5-9-15-19/h4-17,21,23H,3H2,1-2H3,(H2,27,29)/t21-,23?,31?/m0/s1. The first kappa shape index (κ1) is 21.2. The molecular weight excluding hydrogens is 404 g/mol. The molecule has 0 saturated carbocycles. The molecule has 4 nitrogen and oxygen atoms in total. The first-order valence-electron chi connectivity index (χ1n) is 10.4. The maximum absolute atomic E-state index is 13.1. The lowest BCUT2D eigenvalue weighted by Crippen LogP contribution is -2.38. The van der Waals surface area contributed by atoms with Gasteiger partial charge in [-0.25, -0.2) is 0 Å². The van der Waals surface area contributed by atoms with E-state index in [4.69, 9.17) is 5.73 Å². The highest BCUT2D eigenvalue weighted by Gasteiger charge is 2.43. The lowest BCUT2D eigenvalue weighted by molar-refractivity contribution is -0.118. The molecule has 3 aromatic carbocycles. The van der Waals surface area contributed by atoms with Crippen molar-refractivity contribution in [3.05, 3.63) is 107 Å². The van der Waals surface area contributed by atoms with Crippen LogP contribution in [-0.4, -0.2) is 16.7 Å². The Morgan fingerprint density at radius 1 is 1.00 bits per heavy atom. The first-order valence-corrected chi connectivity index (χ1v) is 12.0. The zero-order chi connectivity index (χ0) is 22.0. The molecule has 0 fully saturated rings. The van der Waals surface area contributed by atoms with Crippen LogP contribution in [0.25, 0.3) is 5.70 Å². The minimum atomic E-state index is -1.40. The van der Waals surface area contributed by atoms with Gasteiger partial charge in [0.25, 0.3) is 0 Å². The number of amides is 1. The lowest BCUT2D eigenvalue weighted by atomic mass is 9.86. The minimum absolute atomic E-state index is 0.00457. The molecule has 0 radical (unpaired) electrons. The van der Waals surface area contributed by atoms with Crippen LogP contribution >= 0.6 is 0 Å². The Balaban J connectivity index is 2.07. The molecule has 1 aliphatic rings. The highest BCUT2D eigenvalue weighted by atomic mass is 32.2. The Hall–Kier alpha value is -3.02. The van der Waals surface area contributed by atoms with Crippen molar-refractivity contribution in [2.45, 2.75) is 25.3 Å². The molecule has 0 spiro atoms. The Bertz CT molecular complexity index is 1100. The van der Waals surface area contributed by atoms with Crippen LogP contribution in [0.1, 0.15) is 42.0 Å². The molecule has 0 aromatic heterocycles. The molecule has 1 aliphatic heterocycles. The number of nitrogens with zero attached hydrogens (tertiary/aromatic N) is 1. The summed E-state index contributed by atoms with van der Waals surface area (Å²) in [4.78, 5) is 15.5. The maximum atomic E-state index is 13.1. The molecule has 2 unspecified atom stereocenters. The number of primary amides is 1. The van der Waals surface area contributed by atoms with E-state index in [1.54, 1.807) is 6.26 Å². The summed E-state index contributed by atoms with van der Waals surface area (Å²) >= 11 is -1.40. The van der Waals surface area contributed by atoms with Crippen LogP contribution in [0.2, 0.25) is 0 Å². The van der Waals surface area contributed by atoms with E-state index in [9.17, 15) is 9.35 Å². The summed E-state index contributed by atoms with van der Waals surface area (Å²) in [5, 5.41) is 0. The number of carbonyl (C=O) groups is 1. The zero-order valence-corrected chi connectivity index (χ0v) is 18.5. The maximum Gasteiger partial charge on any atom is 0.234 e. The summed E-state index contributed by atoms with van der Waals surface area (Å²) < 4.78 is 13.1. The van der Waals surface area contributed by atoms with Crippen LogP contribution < -0.4 is 10.6 Å². The number of anilines is 1. The van der Waals surface area contributed by atoms with Crippen molar-refractivity contribution in [1.29, 1.82) is 0 Å². The molecule has 1 amide bonds. The van der Waals surface area contributed by atoms with E-state index in [0.29, 0.717) is 4.91 Å². The van der Waals surface area contributed by atoms with Crippen LogP contribution in [0.5, 0.6) is 0 Å². The van der Waals surface area contributed by atoms with Crippen molar-refractivity contribution >= 4 is 28.5 Å². The van der Waals surface area contributed by atoms with Gasteiger partial charge in [0.2, 0.25) is 5.91 Å². The normalized spacial score (nSPS) is 17.8. The Morgan fingerprint density at radius 3 is 2.16 bits per heavy atom. The molecule has 31 heavy (non-hydrogen) atoms. The van der Waals surface area contributed by atoms with E-state index in [1.165, 1.54) is 0 Å². The second-order valence-corrected chi connectivity index (χ2v) is 8.98. The van der Waals surface area contributed by atoms with E-state index >= 15 is 0 Å². The number of benzene rings is 3. The van der Waals surface area contributed by atoms with Gasteiger partial charge in [0, 0.05) is 11.3 Å². The fourth-order valence-electron chi connectivity index (χ4n) is 4.50. The zero-order valence-electron chi connectivity index (χ0n) is 17.7. The molecule has 5 heteroatoms. The van der Waals surface area contributed by atoms with Crippen molar-refractivity contribution < 1.29 is 9.35 Å². The second-order valence-electron chi connectivity index (χ2n) is 7.63. The third-order valence-corrected chi connectivity index (χ3v) is 6.82. The summed E-state index contributed by atoms with van der Waals surface area (Å²) in [6.45, 7) is 2.14. The van der Waals surface area contributed by atoms with Crippen LogP contribution in [-0.2, 0) is 16.0 Å². The van der Waals surface area contributed by atoms with Crippen molar-refractivity contribution in [2.24, 2.45) is 5.73 Å². The molecule has 0 bridgehead atoms. The third-order valence-electron chi connectivity index (χ3n) is 5.77. The van der Waals surface area contributed by atoms with Crippen LogP contribution in [0, 0.1) is 0 Å². The quantitative estimate of drug-likeness (QED) is 0.561. The number of hydrogen-bond donors (Lipinski definition) is 1. The van der Waals surface area contributed by atoms with Crippen molar-refractivity contribution in [2.75, 3.05) is 11.2 Å². The van der Waals surface area contributed by atoms with Gasteiger partial charge < -0.3 is 15.2 Å². The van der Waals surface area contributed by atoms with Gasteiger partial charge in [-0.3, -0.25) is 4.79 Å². The average molecular weight is 431 g/mol. The Morgan fingerprint density at radius 2 is 1.58 bits per heavy atom. The number of para-hydroxylation sites is 1. The third kappa shape index (κ3) is 3.87. The molecule has 0 saturated heterocycles. The van der Waals surface area contributed by atoms with Gasteiger partial charge in [-0.2, -0.15) is 0 Å². The topological polar surface area (TPSA) is 69.4 Å². The van der Waals surface area contributed by atoms with E-state index in [1.807, 2.05) is 72.8 Å². The summed E-state index contributed by atoms with van der Waals surface area (Å²) in [5.41, 5.74) is 10.5. The van der Waals surface area contributed by atoms with Crippen LogP contribution in [0.15, 0.2) is 89.8 Å². The number of fused-ring (bicyclic) bond motifs is 1. The van der Waals surface area contributed by atoms with Crippen molar-refractivity contribution in [3.63, 3.8) is 0 Å². The number of rotatable bonds is 6. The minimum Gasteiger partial charge on any atom is -0.612 e. The van der Waals surface area contributed by atoms with Crippen LogP contribution in [0.4, 0.5) is 5.69 Å². The molecular formula is C26H26N2O2S. The highest BCUT2D eigenvalue weighted by molar-refractivity contribution is 7.94. The number of hydrogen-bond acceptors (Lipinski definition) is 3. The van der Waals surface area contributed by atoms with Crippen LogP contribution in [0.3, 0.4) is 0 Å². The smallest absolute Gasteiger partial charge is 0.234 e.